The second kappa shape index (κ2) is 4.24. The van der Waals surface area contributed by atoms with Crippen LogP contribution in [0, 0.1) is 5.92 Å². The Hall–Kier alpha value is 0.310. The SMILES string of the molecule is CC(N)CC1CCSCC1. The Labute approximate surface area is 67.8 Å². The summed E-state index contributed by atoms with van der Waals surface area (Å²) in [4.78, 5) is 0. The van der Waals surface area contributed by atoms with Gasteiger partial charge >= 0.3 is 0 Å². The lowest BCUT2D eigenvalue weighted by Gasteiger charge is -2.22. The molecule has 1 aliphatic heterocycles. The van der Waals surface area contributed by atoms with Crippen LogP contribution >= 0.6 is 11.8 Å². The van der Waals surface area contributed by atoms with Gasteiger partial charge in [-0.2, -0.15) is 11.8 Å². The third-order valence-electron chi connectivity index (χ3n) is 2.05. The highest BCUT2D eigenvalue weighted by molar-refractivity contribution is 7.99. The molecule has 2 heteroatoms. The predicted molar refractivity (Wildman–Crippen MR) is 48.3 cm³/mol. The van der Waals surface area contributed by atoms with Crippen LogP contribution in [0.15, 0.2) is 0 Å². The zero-order chi connectivity index (χ0) is 7.40. The van der Waals surface area contributed by atoms with Crippen molar-refractivity contribution in [1.82, 2.24) is 0 Å². The maximum atomic E-state index is 5.72. The van der Waals surface area contributed by atoms with Gasteiger partial charge in [-0.25, -0.2) is 0 Å². The molecule has 0 aliphatic carbocycles. The summed E-state index contributed by atoms with van der Waals surface area (Å²) in [7, 11) is 0. The number of hydrogen-bond donors (Lipinski definition) is 1. The average Bonchev–Trinajstić information content (AvgIpc) is 1.88. The van der Waals surface area contributed by atoms with E-state index in [-0.39, 0.29) is 0 Å². The van der Waals surface area contributed by atoms with Crippen molar-refractivity contribution in [3.8, 4) is 0 Å². The smallest absolute Gasteiger partial charge is 0.00131 e. The van der Waals surface area contributed by atoms with E-state index in [0.717, 1.165) is 5.92 Å². The average molecular weight is 159 g/mol. The lowest BCUT2D eigenvalue weighted by Crippen LogP contribution is -2.22. The lowest BCUT2D eigenvalue weighted by molar-refractivity contribution is 0.419. The second-order valence-corrected chi connectivity index (χ2v) is 4.49. The molecule has 1 rings (SSSR count). The minimum Gasteiger partial charge on any atom is -0.328 e. The van der Waals surface area contributed by atoms with Gasteiger partial charge in [0.15, 0.2) is 0 Å². The Morgan fingerprint density at radius 3 is 2.60 bits per heavy atom. The fourth-order valence-corrected chi connectivity index (χ4v) is 2.71. The van der Waals surface area contributed by atoms with Crippen molar-refractivity contribution < 1.29 is 0 Å². The quantitative estimate of drug-likeness (QED) is 0.665. The minimum absolute atomic E-state index is 0.410. The summed E-state index contributed by atoms with van der Waals surface area (Å²) in [6.07, 6.45) is 4.03. The molecular formula is C8H17NS. The van der Waals surface area contributed by atoms with E-state index in [9.17, 15) is 0 Å². The maximum Gasteiger partial charge on any atom is 0.00131 e. The number of hydrogen-bond acceptors (Lipinski definition) is 2. The van der Waals surface area contributed by atoms with Crippen molar-refractivity contribution in [2.45, 2.75) is 32.2 Å². The molecule has 0 radical (unpaired) electrons. The largest absolute Gasteiger partial charge is 0.328 e. The van der Waals surface area contributed by atoms with E-state index in [0.29, 0.717) is 6.04 Å². The van der Waals surface area contributed by atoms with Gasteiger partial charge in [0, 0.05) is 6.04 Å². The van der Waals surface area contributed by atoms with Crippen molar-refractivity contribution in [3.05, 3.63) is 0 Å². The Balaban J connectivity index is 2.13. The molecule has 1 fully saturated rings. The van der Waals surface area contributed by atoms with Gasteiger partial charge in [-0.3, -0.25) is 0 Å². The molecule has 0 spiro atoms. The molecule has 1 aliphatic rings. The molecule has 2 N–H and O–H groups in total. The predicted octanol–water partition coefficient (Wildman–Crippen LogP) is 1.87. The van der Waals surface area contributed by atoms with Crippen molar-refractivity contribution in [1.29, 1.82) is 0 Å². The third kappa shape index (κ3) is 2.93. The summed E-state index contributed by atoms with van der Waals surface area (Å²) in [6, 6.07) is 0.410. The molecule has 0 saturated carbocycles. The molecular weight excluding hydrogens is 142 g/mol. The molecule has 1 atom stereocenters. The lowest BCUT2D eigenvalue weighted by atomic mass is 9.95. The first-order valence-corrected chi connectivity index (χ1v) is 5.28. The fraction of sp³-hybridized carbons (Fsp3) is 1.00. The number of rotatable bonds is 2. The summed E-state index contributed by atoms with van der Waals surface area (Å²) in [5.41, 5.74) is 5.72. The summed E-state index contributed by atoms with van der Waals surface area (Å²) >= 11 is 2.08. The molecule has 1 saturated heterocycles. The van der Waals surface area contributed by atoms with Crippen LogP contribution in [0.2, 0.25) is 0 Å². The Morgan fingerprint density at radius 2 is 2.10 bits per heavy atom. The van der Waals surface area contributed by atoms with Crippen LogP contribution in [0.5, 0.6) is 0 Å². The van der Waals surface area contributed by atoms with Gasteiger partial charge in [-0.05, 0) is 43.6 Å². The van der Waals surface area contributed by atoms with E-state index in [1.165, 1.54) is 30.8 Å². The maximum absolute atomic E-state index is 5.72. The number of thioether (sulfide) groups is 1. The molecule has 0 aromatic carbocycles. The van der Waals surface area contributed by atoms with Crippen LogP contribution in [0.3, 0.4) is 0 Å². The highest BCUT2D eigenvalue weighted by Crippen LogP contribution is 2.25. The zero-order valence-corrected chi connectivity index (χ0v) is 7.49. The van der Waals surface area contributed by atoms with E-state index >= 15 is 0 Å². The molecule has 0 aromatic heterocycles. The molecule has 0 bridgehead atoms. The molecule has 60 valence electrons. The minimum atomic E-state index is 0.410. The van der Waals surface area contributed by atoms with Gasteiger partial charge in [-0.15, -0.1) is 0 Å². The van der Waals surface area contributed by atoms with E-state index in [1.807, 2.05) is 0 Å². The topological polar surface area (TPSA) is 26.0 Å². The van der Waals surface area contributed by atoms with E-state index in [2.05, 4.69) is 18.7 Å². The van der Waals surface area contributed by atoms with Crippen molar-refractivity contribution in [2.75, 3.05) is 11.5 Å². The zero-order valence-electron chi connectivity index (χ0n) is 6.68. The van der Waals surface area contributed by atoms with Crippen LogP contribution in [-0.4, -0.2) is 17.5 Å². The Kier molecular flexibility index (Phi) is 3.57. The first kappa shape index (κ1) is 8.41. The standard InChI is InChI=1S/C8H17NS/c1-7(9)6-8-2-4-10-5-3-8/h7-8H,2-6,9H2,1H3. The van der Waals surface area contributed by atoms with Gasteiger partial charge < -0.3 is 5.73 Å². The van der Waals surface area contributed by atoms with Gasteiger partial charge in [0.25, 0.3) is 0 Å². The summed E-state index contributed by atoms with van der Waals surface area (Å²) in [6.45, 7) is 2.11. The van der Waals surface area contributed by atoms with Crippen LogP contribution in [0.25, 0.3) is 0 Å². The highest BCUT2D eigenvalue weighted by Gasteiger charge is 2.14. The van der Waals surface area contributed by atoms with Crippen LogP contribution in [-0.2, 0) is 0 Å². The molecule has 1 unspecified atom stereocenters. The Morgan fingerprint density at radius 1 is 1.50 bits per heavy atom. The monoisotopic (exact) mass is 159 g/mol. The first-order valence-electron chi connectivity index (χ1n) is 4.12. The van der Waals surface area contributed by atoms with E-state index in [4.69, 9.17) is 5.73 Å². The van der Waals surface area contributed by atoms with E-state index < -0.39 is 0 Å². The molecule has 0 aromatic rings. The number of nitrogens with two attached hydrogens (primary N) is 1. The summed E-state index contributed by atoms with van der Waals surface area (Å²) < 4.78 is 0. The van der Waals surface area contributed by atoms with Crippen LogP contribution in [0.4, 0.5) is 0 Å². The van der Waals surface area contributed by atoms with Crippen molar-refractivity contribution in [3.63, 3.8) is 0 Å². The second-order valence-electron chi connectivity index (χ2n) is 3.27. The van der Waals surface area contributed by atoms with Crippen molar-refractivity contribution in [2.24, 2.45) is 11.7 Å². The normalized spacial score (nSPS) is 24.6. The highest BCUT2D eigenvalue weighted by atomic mass is 32.2. The van der Waals surface area contributed by atoms with Crippen LogP contribution in [0.1, 0.15) is 26.2 Å². The summed E-state index contributed by atoms with van der Waals surface area (Å²) in [5, 5.41) is 0. The molecule has 10 heavy (non-hydrogen) atoms. The third-order valence-corrected chi connectivity index (χ3v) is 3.09. The molecule has 0 amide bonds. The summed E-state index contributed by atoms with van der Waals surface area (Å²) in [5.74, 6) is 3.65. The fourth-order valence-electron chi connectivity index (χ4n) is 1.51. The molecule has 1 nitrogen and oxygen atoms in total. The van der Waals surface area contributed by atoms with Crippen molar-refractivity contribution >= 4 is 11.8 Å². The Bertz CT molecular complexity index is 87.3. The van der Waals surface area contributed by atoms with Gasteiger partial charge in [-0.1, -0.05) is 0 Å². The molecule has 1 heterocycles. The van der Waals surface area contributed by atoms with Gasteiger partial charge in [0.1, 0.15) is 0 Å². The van der Waals surface area contributed by atoms with E-state index in [1.54, 1.807) is 0 Å². The van der Waals surface area contributed by atoms with Crippen LogP contribution < -0.4 is 5.73 Å². The first-order chi connectivity index (χ1) is 4.79. The van der Waals surface area contributed by atoms with Gasteiger partial charge in [0.05, 0.1) is 0 Å². The van der Waals surface area contributed by atoms with Gasteiger partial charge in [0.2, 0.25) is 0 Å².